The van der Waals surface area contributed by atoms with E-state index in [9.17, 15) is 19.2 Å². The third kappa shape index (κ3) is 16.2. The lowest BCUT2D eigenvalue weighted by molar-refractivity contribution is -0.895. The maximum atomic E-state index is 12.8. The summed E-state index contributed by atoms with van der Waals surface area (Å²) in [6.45, 7) is 1.90. The fraction of sp³-hybridized carbons (Fsp3) is 0.529. The molecule has 0 aromatic heterocycles. The van der Waals surface area contributed by atoms with E-state index in [0.29, 0.717) is 59.5 Å². The Kier molecular flexibility index (Phi) is 19.2. The number of benzene rings is 2. The molecule has 0 N–H and O–H groups in total. The molecule has 0 aliphatic rings. The number of halogens is 2. The van der Waals surface area contributed by atoms with Gasteiger partial charge in [-0.1, -0.05) is 37.1 Å². The van der Waals surface area contributed by atoms with Crippen molar-refractivity contribution >= 4 is 23.8 Å². The normalized spacial score (nSPS) is 11.0. The molecule has 2 amide bonds. The summed E-state index contributed by atoms with van der Waals surface area (Å²) in [4.78, 5) is 52.4. The maximum Gasteiger partial charge on any atom is 0.414 e. The van der Waals surface area contributed by atoms with Gasteiger partial charge < -0.3 is 62.2 Å². The maximum absolute atomic E-state index is 12.8. The van der Waals surface area contributed by atoms with Crippen molar-refractivity contribution in [1.82, 2.24) is 9.80 Å². The SMILES string of the molecule is CN(C)C(=O)Oc1ccccc1C[N+](C)(C)CC(=O)CCCCCCC(=O)C[N+](C)(C)Cc1ccccc1OC(=O)N(C)C.[Br-].[Br-]. The predicted octanol–water partition coefficient (Wildman–Crippen LogP) is -0.853. The van der Waals surface area contributed by atoms with E-state index in [0.717, 1.165) is 36.8 Å². The summed E-state index contributed by atoms with van der Waals surface area (Å²) in [7, 11) is 14.6. The van der Waals surface area contributed by atoms with Crippen molar-refractivity contribution < 1.29 is 71.6 Å². The quantitative estimate of drug-likeness (QED) is 0.154. The van der Waals surface area contributed by atoms with Crippen molar-refractivity contribution in [3.05, 3.63) is 59.7 Å². The van der Waals surface area contributed by atoms with Crippen molar-refractivity contribution in [3.63, 3.8) is 0 Å². The molecule has 0 spiro atoms. The number of rotatable bonds is 17. The highest BCUT2D eigenvalue weighted by Crippen LogP contribution is 2.24. The number of hydrogen-bond acceptors (Lipinski definition) is 6. The summed E-state index contributed by atoms with van der Waals surface area (Å²) in [6.07, 6.45) is 3.55. The van der Waals surface area contributed by atoms with Crippen LogP contribution < -0.4 is 43.4 Å². The highest BCUT2D eigenvalue weighted by molar-refractivity contribution is 5.80. The van der Waals surface area contributed by atoms with E-state index < -0.39 is 12.2 Å². The molecule has 0 heterocycles. The molecule has 2 aromatic carbocycles. The van der Waals surface area contributed by atoms with Gasteiger partial charge in [-0.15, -0.1) is 0 Å². The van der Waals surface area contributed by atoms with Gasteiger partial charge in [0.05, 0.1) is 28.2 Å². The number of Topliss-reactive ketones (excluding diaryl/α,β-unsaturated/α-hetero) is 2. The first kappa shape index (κ1) is 43.2. The number of likely N-dealkylation sites (N-methyl/N-ethyl adjacent to an activating group) is 2. The van der Waals surface area contributed by atoms with E-state index in [1.54, 1.807) is 40.3 Å². The number of unbranched alkanes of at least 4 members (excludes halogenated alkanes) is 3. The van der Waals surface area contributed by atoms with Gasteiger partial charge in [-0.05, 0) is 37.1 Å². The third-order valence-corrected chi connectivity index (χ3v) is 7.14. The number of ketones is 2. The fourth-order valence-corrected chi connectivity index (χ4v) is 4.98. The second kappa shape index (κ2) is 20.4. The third-order valence-electron chi connectivity index (χ3n) is 7.14. The van der Waals surface area contributed by atoms with Crippen LogP contribution in [0.4, 0.5) is 9.59 Å². The molecular formula is C34H52Br2N4O6. The Hall–Kier alpha value is -2.80. The molecule has 12 heteroatoms. The van der Waals surface area contributed by atoms with Crippen LogP contribution in [0.25, 0.3) is 0 Å². The predicted molar refractivity (Wildman–Crippen MR) is 171 cm³/mol. The second-order valence-electron chi connectivity index (χ2n) is 13.2. The average molecular weight is 773 g/mol. The Bertz CT molecular complexity index is 1190. The van der Waals surface area contributed by atoms with Crippen LogP contribution >= 0.6 is 0 Å². The summed E-state index contributed by atoms with van der Waals surface area (Å²) in [5.41, 5.74) is 1.76. The summed E-state index contributed by atoms with van der Waals surface area (Å²) < 4.78 is 11.9. The minimum absolute atomic E-state index is 0. The van der Waals surface area contributed by atoms with Crippen LogP contribution in [0, 0.1) is 0 Å². The van der Waals surface area contributed by atoms with Gasteiger partial charge in [-0.25, -0.2) is 9.59 Å². The molecule has 0 aliphatic heterocycles. The van der Waals surface area contributed by atoms with E-state index in [4.69, 9.17) is 9.47 Å². The van der Waals surface area contributed by atoms with Crippen molar-refractivity contribution in [2.75, 3.05) is 69.5 Å². The molecular weight excluding hydrogens is 720 g/mol. The zero-order valence-corrected chi connectivity index (χ0v) is 31.9. The topological polar surface area (TPSA) is 93.2 Å². The van der Waals surface area contributed by atoms with Gasteiger partial charge in [-0.3, -0.25) is 9.59 Å². The minimum Gasteiger partial charge on any atom is -1.00 e. The van der Waals surface area contributed by atoms with E-state index in [1.807, 2.05) is 64.6 Å². The number of nitrogens with zero attached hydrogens (tertiary/aromatic N) is 4. The molecule has 0 saturated carbocycles. The first-order valence-electron chi connectivity index (χ1n) is 15.2. The van der Waals surface area contributed by atoms with E-state index in [-0.39, 0.29) is 45.5 Å². The lowest BCUT2D eigenvalue weighted by Gasteiger charge is -2.30. The Morgan fingerprint density at radius 3 is 1.22 bits per heavy atom. The Morgan fingerprint density at radius 1 is 0.565 bits per heavy atom. The smallest absolute Gasteiger partial charge is 0.414 e. The van der Waals surface area contributed by atoms with Crippen LogP contribution in [0.2, 0.25) is 0 Å². The minimum atomic E-state index is -0.436. The molecule has 0 saturated heterocycles. The van der Waals surface area contributed by atoms with Gasteiger partial charge in [0.2, 0.25) is 0 Å². The molecule has 0 aliphatic carbocycles. The molecule has 2 aromatic rings. The molecule has 0 unspecified atom stereocenters. The number of para-hydroxylation sites is 2. The van der Waals surface area contributed by atoms with Gasteiger partial charge in [0.25, 0.3) is 0 Å². The molecule has 258 valence electrons. The van der Waals surface area contributed by atoms with Gasteiger partial charge in [-0.2, -0.15) is 0 Å². The lowest BCUT2D eigenvalue weighted by atomic mass is 10.1. The first-order chi connectivity index (χ1) is 20.6. The van der Waals surface area contributed by atoms with Crippen LogP contribution in [-0.2, 0) is 22.7 Å². The lowest BCUT2D eigenvalue weighted by Crippen LogP contribution is -3.00. The zero-order chi connectivity index (χ0) is 32.9. The number of quaternary nitrogens is 2. The van der Waals surface area contributed by atoms with E-state index >= 15 is 0 Å². The number of carbonyl (C=O) groups excluding carboxylic acids is 4. The average Bonchev–Trinajstić information content (AvgIpc) is 2.91. The van der Waals surface area contributed by atoms with Crippen LogP contribution in [0.3, 0.4) is 0 Å². The molecule has 2 rings (SSSR count). The van der Waals surface area contributed by atoms with Crippen LogP contribution in [0.5, 0.6) is 11.5 Å². The van der Waals surface area contributed by atoms with Crippen molar-refractivity contribution in [3.8, 4) is 11.5 Å². The first-order valence-corrected chi connectivity index (χ1v) is 15.2. The second-order valence-corrected chi connectivity index (χ2v) is 13.2. The Balaban J connectivity index is 0.0000101. The highest BCUT2D eigenvalue weighted by atomic mass is 79.9. The Morgan fingerprint density at radius 2 is 0.891 bits per heavy atom. The molecule has 0 radical (unpaired) electrons. The highest BCUT2D eigenvalue weighted by Gasteiger charge is 2.25. The van der Waals surface area contributed by atoms with Gasteiger partial charge in [0, 0.05) is 52.2 Å². The number of ether oxygens (including phenoxy) is 2. The van der Waals surface area contributed by atoms with Crippen LogP contribution in [0.15, 0.2) is 48.5 Å². The monoisotopic (exact) mass is 770 g/mol. The summed E-state index contributed by atoms with van der Waals surface area (Å²) >= 11 is 0. The molecule has 0 atom stereocenters. The molecule has 0 fully saturated rings. The van der Waals surface area contributed by atoms with Crippen molar-refractivity contribution in [2.24, 2.45) is 0 Å². The van der Waals surface area contributed by atoms with E-state index in [1.165, 1.54) is 9.80 Å². The molecule has 0 bridgehead atoms. The Labute approximate surface area is 296 Å². The number of carbonyl (C=O) groups is 4. The van der Waals surface area contributed by atoms with Gasteiger partial charge >= 0.3 is 12.2 Å². The number of hydrogen-bond donors (Lipinski definition) is 0. The van der Waals surface area contributed by atoms with Gasteiger partial charge in [0.1, 0.15) is 37.7 Å². The standard InChI is InChI=1S/C34H52N4O6.2BrH/c1-35(2)33(41)43-31-21-15-13-17-27(31)23-37(5,6)25-29(39)19-11-9-10-12-20-30(40)26-38(7,8)24-28-18-14-16-22-32(28)44-34(42)36(3)4;;/h13-18,21-22H,9-12,19-20,23-26H2,1-8H3;2*1H/q+2;;/p-2. The van der Waals surface area contributed by atoms with Crippen LogP contribution in [0.1, 0.15) is 49.7 Å². The largest absolute Gasteiger partial charge is 1.00 e. The molecule has 46 heavy (non-hydrogen) atoms. The molecule has 10 nitrogen and oxygen atoms in total. The van der Waals surface area contributed by atoms with Gasteiger partial charge in [0.15, 0.2) is 11.6 Å². The fourth-order valence-electron chi connectivity index (χ4n) is 4.98. The van der Waals surface area contributed by atoms with E-state index in [2.05, 4.69) is 0 Å². The summed E-state index contributed by atoms with van der Waals surface area (Å²) in [5.74, 6) is 1.42. The van der Waals surface area contributed by atoms with Crippen molar-refractivity contribution in [2.45, 2.75) is 51.6 Å². The van der Waals surface area contributed by atoms with Crippen LogP contribution in [-0.4, -0.2) is 112 Å². The van der Waals surface area contributed by atoms with Crippen molar-refractivity contribution in [1.29, 1.82) is 0 Å². The summed E-state index contributed by atoms with van der Waals surface area (Å²) in [6, 6.07) is 14.8. The number of amides is 2. The summed E-state index contributed by atoms with van der Waals surface area (Å²) in [5, 5.41) is 0. The zero-order valence-electron chi connectivity index (χ0n) is 28.7.